The first-order valence-electron chi connectivity index (χ1n) is 12.5. The van der Waals surface area contributed by atoms with Gasteiger partial charge in [0.1, 0.15) is 0 Å². The van der Waals surface area contributed by atoms with E-state index in [2.05, 4.69) is 30.9 Å². The second-order valence-corrected chi connectivity index (χ2v) is 10.8. The van der Waals surface area contributed by atoms with Crippen LogP contribution in [0.5, 0.6) is 0 Å². The largest absolute Gasteiger partial charge is 0.393 e. The molecular weight excluding hydrogens is 374 g/mol. The molecule has 3 aliphatic carbocycles. The van der Waals surface area contributed by atoms with E-state index in [1.807, 2.05) is 0 Å². The fourth-order valence-corrected chi connectivity index (χ4v) is 7.16. The molecule has 4 aliphatic rings. The van der Waals surface area contributed by atoms with Crippen molar-refractivity contribution in [2.45, 2.75) is 83.8 Å². The Morgan fingerprint density at radius 3 is 2.60 bits per heavy atom. The summed E-state index contributed by atoms with van der Waals surface area (Å²) in [6.07, 6.45) is 13.8. The van der Waals surface area contributed by atoms with Gasteiger partial charge < -0.3 is 14.9 Å². The normalized spacial score (nSPS) is 40.4. The van der Waals surface area contributed by atoms with Crippen LogP contribution >= 0.6 is 0 Å². The number of allylic oxidation sites excluding steroid dienone is 3. The molecule has 4 fully saturated rings. The molecule has 4 heteroatoms. The first kappa shape index (κ1) is 22.5. The third-order valence-corrected chi connectivity index (χ3v) is 8.80. The number of rotatable bonds is 5. The Labute approximate surface area is 183 Å². The van der Waals surface area contributed by atoms with Crippen molar-refractivity contribution in [3.8, 4) is 0 Å². The predicted molar refractivity (Wildman–Crippen MR) is 121 cm³/mol. The fraction of sp³-hybridized carbons (Fsp3) is 0.846. The maximum Gasteiger partial charge on any atom is 0.0602 e. The molecule has 1 unspecified atom stereocenters. The molecule has 0 aromatic rings. The summed E-state index contributed by atoms with van der Waals surface area (Å²) >= 11 is 0. The Bertz CT molecular complexity index is 626. The molecule has 0 aromatic heterocycles. The summed E-state index contributed by atoms with van der Waals surface area (Å²) in [5, 5.41) is 20.0. The topological polar surface area (TPSA) is 52.9 Å². The SMILES string of the molecule is CC(CCN1CCOCC1)[C@H]1CC[C@H]2C(=CC=C3C[C@@H](O)C[C@H](O)C3)CCC[C@]12C. The van der Waals surface area contributed by atoms with Gasteiger partial charge in [0.15, 0.2) is 0 Å². The minimum absolute atomic E-state index is 0.377. The van der Waals surface area contributed by atoms with Crippen LogP contribution < -0.4 is 0 Å². The summed E-state index contributed by atoms with van der Waals surface area (Å²) in [5.41, 5.74) is 3.29. The highest BCUT2D eigenvalue weighted by molar-refractivity contribution is 5.26. The second kappa shape index (κ2) is 9.85. The van der Waals surface area contributed by atoms with E-state index in [0.717, 1.165) is 56.9 Å². The van der Waals surface area contributed by atoms with Crippen molar-refractivity contribution in [3.05, 3.63) is 23.3 Å². The van der Waals surface area contributed by atoms with Gasteiger partial charge in [-0.3, -0.25) is 4.90 Å². The smallest absolute Gasteiger partial charge is 0.0602 e. The predicted octanol–water partition coefficient (Wildman–Crippen LogP) is 4.32. The van der Waals surface area contributed by atoms with Gasteiger partial charge in [0.05, 0.1) is 25.4 Å². The highest BCUT2D eigenvalue weighted by Crippen LogP contribution is 2.59. The third-order valence-electron chi connectivity index (χ3n) is 8.80. The average molecular weight is 418 g/mol. The lowest BCUT2D eigenvalue weighted by Gasteiger charge is -2.44. The molecule has 0 spiro atoms. The summed E-state index contributed by atoms with van der Waals surface area (Å²) in [6.45, 7) is 10.3. The number of hydrogen-bond acceptors (Lipinski definition) is 4. The van der Waals surface area contributed by atoms with Gasteiger partial charge in [-0.15, -0.1) is 0 Å². The lowest BCUT2D eigenvalue weighted by atomic mass is 9.61. The van der Waals surface area contributed by atoms with Crippen LogP contribution in [0.2, 0.25) is 0 Å². The van der Waals surface area contributed by atoms with Crippen molar-refractivity contribution >= 4 is 0 Å². The van der Waals surface area contributed by atoms with E-state index in [-0.39, 0.29) is 12.2 Å². The number of fused-ring (bicyclic) bond motifs is 1. The number of morpholine rings is 1. The minimum atomic E-state index is -0.377. The van der Waals surface area contributed by atoms with E-state index >= 15 is 0 Å². The van der Waals surface area contributed by atoms with Crippen LogP contribution in [0.4, 0.5) is 0 Å². The Morgan fingerprint density at radius 1 is 1.13 bits per heavy atom. The Balaban J connectivity index is 1.40. The van der Waals surface area contributed by atoms with E-state index in [4.69, 9.17) is 4.74 Å². The Kier molecular flexibility index (Phi) is 7.39. The molecule has 2 N–H and O–H groups in total. The standard InChI is InChI=1S/C26H43NO3/c1-19(9-11-27-12-14-30-15-13-27)24-7-8-25-21(4-3-10-26(24,25)2)6-5-20-16-22(28)18-23(29)17-20/h5-6,19,22-25,28-29H,3-4,7-18H2,1-2H3/t19?,22-,23-,24-,25+,26-/m1/s1. The molecule has 6 atom stereocenters. The van der Waals surface area contributed by atoms with Crippen LogP contribution in [-0.2, 0) is 4.74 Å². The molecule has 170 valence electrons. The zero-order valence-electron chi connectivity index (χ0n) is 19.2. The molecule has 4 rings (SSSR count). The van der Waals surface area contributed by atoms with Crippen molar-refractivity contribution < 1.29 is 14.9 Å². The van der Waals surface area contributed by atoms with E-state index in [9.17, 15) is 10.2 Å². The highest BCUT2D eigenvalue weighted by atomic mass is 16.5. The highest BCUT2D eigenvalue weighted by Gasteiger charge is 2.50. The summed E-state index contributed by atoms with van der Waals surface area (Å²) in [4.78, 5) is 2.58. The van der Waals surface area contributed by atoms with E-state index in [1.54, 1.807) is 5.57 Å². The number of nitrogens with zero attached hydrogens (tertiary/aromatic N) is 1. The van der Waals surface area contributed by atoms with Crippen molar-refractivity contribution in [2.75, 3.05) is 32.8 Å². The molecule has 0 bridgehead atoms. The molecule has 1 heterocycles. The maximum absolute atomic E-state index is 9.99. The van der Waals surface area contributed by atoms with Crippen LogP contribution in [0.25, 0.3) is 0 Å². The van der Waals surface area contributed by atoms with Crippen molar-refractivity contribution in [3.63, 3.8) is 0 Å². The molecular formula is C26H43NO3. The van der Waals surface area contributed by atoms with Crippen molar-refractivity contribution in [1.29, 1.82) is 0 Å². The Hall–Kier alpha value is -0.680. The molecule has 0 radical (unpaired) electrons. The molecule has 0 aromatic carbocycles. The first-order chi connectivity index (χ1) is 14.5. The quantitative estimate of drug-likeness (QED) is 0.699. The number of ether oxygens (including phenoxy) is 1. The van der Waals surface area contributed by atoms with E-state index in [0.29, 0.717) is 11.8 Å². The first-order valence-corrected chi connectivity index (χ1v) is 12.5. The summed E-state index contributed by atoms with van der Waals surface area (Å²) in [6, 6.07) is 0. The van der Waals surface area contributed by atoms with Crippen LogP contribution in [0.3, 0.4) is 0 Å². The van der Waals surface area contributed by atoms with Crippen LogP contribution in [-0.4, -0.2) is 60.2 Å². The van der Waals surface area contributed by atoms with Crippen molar-refractivity contribution in [1.82, 2.24) is 4.90 Å². The second-order valence-electron chi connectivity index (χ2n) is 10.8. The van der Waals surface area contributed by atoms with E-state index in [1.165, 1.54) is 50.6 Å². The molecule has 30 heavy (non-hydrogen) atoms. The van der Waals surface area contributed by atoms with Gasteiger partial charge in [-0.25, -0.2) is 0 Å². The maximum atomic E-state index is 9.99. The zero-order valence-corrected chi connectivity index (χ0v) is 19.2. The number of aliphatic hydroxyl groups is 2. The number of aliphatic hydroxyl groups excluding tert-OH is 2. The summed E-state index contributed by atoms with van der Waals surface area (Å²) < 4.78 is 5.50. The van der Waals surface area contributed by atoms with Crippen LogP contribution in [0, 0.1) is 23.2 Å². The zero-order chi connectivity index (χ0) is 21.1. The van der Waals surface area contributed by atoms with Gasteiger partial charge in [-0.1, -0.05) is 37.1 Å². The van der Waals surface area contributed by atoms with Crippen molar-refractivity contribution in [2.24, 2.45) is 23.2 Å². The lowest BCUT2D eigenvalue weighted by molar-refractivity contribution is 0.0299. The third kappa shape index (κ3) is 5.03. The summed E-state index contributed by atoms with van der Waals surface area (Å²) in [5.74, 6) is 2.33. The molecule has 1 aliphatic heterocycles. The van der Waals surface area contributed by atoms with Gasteiger partial charge in [-0.05, 0) is 87.5 Å². The molecule has 3 saturated carbocycles. The van der Waals surface area contributed by atoms with Crippen LogP contribution in [0.1, 0.15) is 71.6 Å². The van der Waals surface area contributed by atoms with Gasteiger partial charge in [0, 0.05) is 13.1 Å². The van der Waals surface area contributed by atoms with Crippen LogP contribution in [0.15, 0.2) is 23.3 Å². The average Bonchev–Trinajstić information content (AvgIpc) is 3.08. The molecule has 4 nitrogen and oxygen atoms in total. The van der Waals surface area contributed by atoms with Gasteiger partial charge in [0.2, 0.25) is 0 Å². The van der Waals surface area contributed by atoms with Gasteiger partial charge in [0.25, 0.3) is 0 Å². The van der Waals surface area contributed by atoms with E-state index < -0.39 is 0 Å². The van der Waals surface area contributed by atoms with Gasteiger partial charge in [-0.2, -0.15) is 0 Å². The number of hydrogen-bond donors (Lipinski definition) is 2. The Morgan fingerprint density at radius 2 is 1.87 bits per heavy atom. The molecule has 1 saturated heterocycles. The minimum Gasteiger partial charge on any atom is -0.393 e. The fourth-order valence-electron chi connectivity index (χ4n) is 7.16. The van der Waals surface area contributed by atoms with Gasteiger partial charge >= 0.3 is 0 Å². The summed E-state index contributed by atoms with van der Waals surface area (Å²) in [7, 11) is 0. The molecule has 0 amide bonds. The monoisotopic (exact) mass is 417 g/mol. The lowest BCUT2D eigenvalue weighted by Crippen LogP contribution is -2.39.